The van der Waals surface area contributed by atoms with Crippen LogP contribution in [0.5, 0.6) is 0 Å². The molecule has 31 heavy (non-hydrogen) atoms. The average molecular weight is 443 g/mol. The molecule has 1 aromatic heterocycles. The van der Waals surface area contributed by atoms with E-state index >= 15 is 0 Å². The Labute approximate surface area is 182 Å². The first-order valence-electron chi connectivity index (χ1n) is 9.73. The standard InChI is InChI=1S/C22H26N4O4S/c1-22(2,3)17-11-9-15(10-12-17)20-24-19(30-25-20)14-23-21(27)16-7-6-8-18(13-16)31(28,29)26(4)5/h6-13H,14H2,1-5H3,(H,23,27). The number of nitrogens with zero attached hydrogens (tertiary/aromatic N) is 3. The summed E-state index contributed by atoms with van der Waals surface area (Å²) in [6.45, 7) is 6.45. The van der Waals surface area contributed by atoms with Gasteiger partial charge in [0.25, 0.3) is 5.91 Å². The van der Waals surface area contributed by atoms with Crippen LogP contribution in [0.25, 0.3) is 11.4 Å². The first kappa shape index (κ1) is 22.6. The molecule has 164 valence electrons. The minimum Gasteiger partial charge on any atom is -0.343 e. The van der Waals surface area contributed by atoms with Gasteiger partial charge in [-0.25, -0.2) is 12.7 Å². The fourth-order valence-electron chi connectivity index (χ4n) is 2.83. The second kappa shape index (κ2) is 8.60. The number of aromatic nitrogens is 2. The number of nitrogens with one attached hydrogen (secondary N) is 1. The average Bonchev–Trinajstić information content (AvgIpc) is 3.20. The number of hydrogen-bond donors (Lipinski definition) is 1. The Morgan fingerprint density at radius 3 is 2.39 bits per heavy atom. The van der Waals surface area contributed by atoms with Gasteiger partial charge in [0.05, 0.1) is 11.4 Å². The molecule has 0 aliphatic rings. The lowest BCUT2D eigenvalue weighted by atomic mass is 9.87. The van der Waals surface area contributed by atoms with Crippen molar-refractivity contribution in [1.82, 2.24) is 19.8 Å². The first-order chi connectivity index (χ1) is 14.5. The van der Waals surface area contributed by atoms with Crippen molar-refractivity contribution < 1.29 is 17.7 Å². The molecule has 3 aromatic rings. The molecule has 0 radical (unpaired) electrons. The molecule has 1 amide bonds. The van der Waals surface area contributed by atoms with Crippen LogP contribution < -0.4 is 5.32 Å². The van der Waals surface area contributed by atoms with E-state index in [-0.39, 0.29) is 28.3 Å². The molecule has 0 atom stereocenters. The second-order valence-corrected chi connectivity index (χ2v) is 10.5. The molecule has 3 rings (SSSR count). The van der Waals surface area contributed by atoms with Crippen molar-refractivity contribution in [2.75, 3.05) is 14.1 Å². The van der Waals surface area contributed by atoms with Gasteiger partial charge in [0, 0.05) is 25.2 Å². The summed E-state index contributed by atoms with van der Waals surface area (Å²) in [5, 5.41) is 6.65. The van der Waals surface area contributed by atoms with Gasteiger partial charge >= 0.3 is 0 Å². The number of carbonyl (C=O) groups excluding carboxylic acids is 1. The van der Waals surface area contributed by atoms with Gasteiger partial charge in [0.15, 0.2) is 0 Å². The molecule has 0 fully saturated rings. The zero-order chi connectivity index (χ0) is 22.8. The van der Waals surface area contributed by atoms with Crippen LogP contribution in [0, 0.1) is 0 Å². The Bertz CT molecular complexity index is 1180. The van der Waals surface area contributed by atoms with Crippen LogP contribution in [0.4, 0.5) is 0 Å². The third kappa shape index (κ3) is 5.18. The van der Waals surface area contributed by atoms with Crippen LogP contribution in [-0.4, -0.2) is 42.9 Å². The molecule has 0 unspecified atom stereocenters. The summed E-state index contributed by atoms with van der Waals surface area (Å²) in [5.74, 6) is 0.245. The van der Waals surface area contributed by atoms with Gasteiger partial charge in [-0.1, -0.05) is 56.3 Å². The van der Waals surface area contributed by atoms with Crippen molar-refractivity contribution in [3.05, 3.63) is 65.5 Å². The van der Waals surface area contributed by atoms with Gasteiger partial charge in [-0.15, -0.1) is 0 Å². The lowest BCUT2D eigenvalue weighted by Gasteiger charge is -2.18. The van der Waals surface area contributed by atoms with Crippen LogP contribution in [-0.2, 0) is 22.0 Å². The minimum absolute atomic E-state index is 0.0244. The normalized spacial score (nSPS) is 12.2. The largest absolute Gasteiger partial charge is 0.343 e. The molecular formula is C22H26N4O4S. The van der Waals surface area contributed by atoms with Gasteiger partial charge in [0.2, 0.25) is 21.7 Å². The quantitative estimate of drug-likeness (QED) is 0.628. The maximum atomic E-state index is 12.5. The first-order valence-corrected chi connectivity index (χ1v) is 11.2. The number of rotatable bonds is 6. The Kier molecular flexibility index (Phi) is 6.28. The topological polar surface area (TPSA) is 105 Å². The highest BCUT2D eigenvalue weighted by Gasteiger charge is 2.19. The van der Waals surface area contributed by atoms with Crippen LogP contribution in [0.15, 0.2) is 57.9 Å². The van der Waals surface area contributed by atoms with E-state index in [0.29, 0.717) is 5.82 Å². The van der Waals surface area contributed by atoms with Gasteiger partial charge in [-0.3, -0.25) is 4.79 Å². The lowest BCUT2D eigenvalue weighted by Crippen LogP contribution is -2.25. The van der Waals surface area contributed by atoms with Crippen LogP contribution in [0.1, 0.15) is 42.6 Å². The van der Waals surface area contributed by atoms with Gasteiger partial charge in [-0.05, 0) is 29.2 Å². The molecule has 0 bridgehead atoms. The molecule has 0 aliphatic heterocycles. The van der Waals surface area contributed by atoms with E-state index in [4.69, 9.17) is 4.52 Å². The zero-order valence-electron chi connectivity index (χ0n) is 18.2. The SMILES string of the molecule is CN(C)S(=O)(=O)c1cccc(C(=O)NCc2nc(-c3ccc(C(C)(C)C)cc3)no2)c1. The van der Waals surface area contributed by atoms with Crippen LogP contribution in [0.3, 0.4) is 0 Å². The summed E-state index contributed by atoms with van der Waals surface area (Å²) in [4.78, 5) is 16.8. The number of benzene rings is 2. The van der Waals surface area contributed by atoms with Gasteiger partial charge < -0.3 is 9.84 Å². The molecule has 0 spiro atoms. The van der Waals surface area contributed by atoms with Crippen LogP contribution >= 0.6 is 0 Å². The Morgan fingerprint density at radius 1 is 1.10 bits per heavy atom. The maximum Gasteiger partial charge on any atom is 0.251 e. The van der Waals surface area contributed by atoms with E-state index in [9.17, 15) is 13.2 Å². The van der Waals surface area contributed by atoms with Crippen molar-refractivity contribution in [3.8, 4) is 11.4 Å². The van der Waals surface area contributed by atoms with Gasteiger partial charge in [-0.2, -0.15) is 4.98 Å². The van der Waals surface area contributed by atoms with E-state index in [2.05, 4.69) is 36.2 Å². The highest BCUT2D eigenvalue weighted by molar-refractivity contribution is 7.89. The molecule has 0 aliphatic carbocycles. The lowest BCUT2D eigenvalue weighted by molar-refractivity contribution is 0.0946. The molecular weight excluding hydrogens is 416 g/mol. The highest BCUT2D eigenvalue weighted by Crippen LogP contribution is 2.25. The molecule has 1 N–H and O–H groups in total. The smallest absolute Gasteiger partial charge is 0.251 e. The molecule has 8 nitrogen and oxygen atoms in total. The van der Waals surface area contributed by atoms with Gasteiger partial charge in [0.1, 0.15) is 0 Å². The summed E-state index contributed by atoms with van der Waals surface area (Å²) in [7, 11) is -0.755. The number of amides is 1. The summed E-state index contributed by atoms with van der Waals surface area (Å²) < 4.78 is 30.8. The van der Waals surface area contributed by atoms with Crippen molar-refractivity contribution in [2.24, 2.45) is 0 Å². The van der Waals surface area contributed by atoms with Crippen molar-refractivity contribution in [1.29, 1.82) is 0 Å². The monoisotopic (exact) mass is 442 g/mol. The molecule has 0 saturated carbocycles. The predicted octanol–water partition coefficient (Wildman–Crippen LogP) is 3.21. The fourth-order valence-corrected chi connectivity index (χ4v) is 3.78. The van der Waals surface area contributed by atoms with Crippen LogP contribution in [0.2, 0.25) is 0 Å². The summed E-state index contributed by atoms with van der Waals surface area (Å²) in [6.07, 6.45) is 0. The Balaban J connectivity index is 1.68. The highest BCUT2D eigenvalue weighted by atomic mass is 32.2. The predicted molar refractivity (Wildman–Crippen MR) is 117 cm³/mol. The Morgan fingerprint density at radius 2 is 1.77 bits per heavy atom. The molecule has 1 heterocycles. The van der Waals surface area contributed by atoms with E-state index < -0.39 is 15.9 Å². The summed E-state index contributed by atoms with van der Waals surface area (Å²) >= 11 is 0. The van der Waals surface area contributed by atoms with E-state index in [1.807, 2.05) is 24.3 Å². The van der Waals surface area contributed by atoms with E-state index in [0.717, 1.165) is 9.87 Å². The second-order valence-electron chi connectivity index (χ2n) is 8.34. The number of carbonyl (C=O) groups is 1. The minimum atomic E-state index is -3.63. The molecule has 2 aromatic carbocycles. The van der Waals surface area contributed by atoms with E-state index in [1.54, 1.807) is 6.07 Å². The summed E-state index contributed by atoms with van der Waals surface area (Å²) in [6, 6.07) is 13.8. The third-order valence-corrected chi connectivity index (χ3v) is 6.56. The van der Waals surface area contributed by atoms with Crippen molar-refractivity contribution in [2.45, 2.75) is 37.6 Å². The zero-order valence-corrected chi connectivity index (χ0v) is 19.0. The molecule has 9 heteroatoms. The van der Waals surface area contributed by atoms with Crippen molar-refractivity contribution in [3.63, 3.8) is 0 Å². The Hall–Kier alpha value is -3.04. The third-order valence-electron chi connectivity index (χ3n) is 4.75. The fraction of sp³-hybridized carbons (Fsp3) is 0.318. The summed E-state index contributed by atoms with van der Waals surface area (Å²) in [5.41, 5.74) is 2.29. The number of sulfonamides is 1. The molecule has 0 saturated heterocycles. The van der Waals surface area contributed by atoms with E-state index in [1.165, 1.54) is 37.9 Å². The maximum absolute atomic E-state index is 12.5. The van der Waals surface area contributed by atoms with Crippen molar-refractivity contribution >= 4 is 15.9 Å². The number of hydrogen-bond acceptors (Lipinski definition) is 6.